The monoisotopic (exact) mass is 504 g/mol. The fraction of sp³-hybridized carbons (Fsp3) is 0.520. The maximum atomic E-state index is 13.3. The second kappa shape index (κ2) is 11.7. The average Bonchev–Trinajstić information content (AvgIpc) is 2.88. The van der Waals surface area contributed by atoms with Crippen molar-refractivity contribution in [2.24, 2.45) is 5.92 Å². The van der Waals surface area contributed by atoms with Crippen LogP contribution in [-0.2, 0) is 29.1 Å². The van der Waals surface area contributed by atoms with Gasteiger partial charge in [-0.2, -0.15) is 0 Å². The number of nitrogens with one attached hydrogen (secondary N) is 1. The van der Waals surface area contributed by atoms with Crippen molar-refractivity contribution in [1.82, 2.24) is 19.8 Å². The molecular formula is C25H30F2N4O5. The van der Waals surface area contributed by atoms with Gasteiger partial charge in [0.1, 0.15) is 11.6 Å². The van der Waals surface area contributed by atoms with Gasteiger partial charge < -0.3 is 19.4 Å². The number of hydrogen-bond donors (Lipinski definition) is 1. The summed E-state index contributed by atoms with van der Waals surface area (Å²) in [6.45, 7) is 0.554. The Kier molecular flexibility index (Phi) is 8.42. The fourth-order valence-corrected chi connectivity index (χ4v) is 4.68. The van der Waals surface area contributed by atoms with Gasteiger partial charge in [-0.15, -0.1) is 0 Å². The molecule has 194 valence electrons. The molecule has 0 atom stereocenters. The summed E-state index contributed by atoms with van der Waals surface area (Å²) in [5.41, 5.74) is 1.17. The minimum absolute atomic E-state index is 0.00518. The van der Waals surface area contributed by atoms with Gasteiger partial charge in [0.25, 0.3) is 12.0 Å². The number of ketones is 1. The molecule has 11 heteroatoms. The van der Waals surface area contributed by atoms with Crippen LogP contribution in [0.3, 0.4) is 0 Å². The second-order valence-corrected chi connectivity index (χ2v) is 9.02. The number of carbonyl (C=O) groups excluding carboxylic acids is 2. The van der Waals surface area contributed by atoms with Crippen LogP contribution in [0, 0.1) is 5.92 Å². The molecule has 2 aliphatic heterocycles. The second-order valence-electron chi connectivity index (χ2n) is 9.02. The van der Waals surface area contributed by atoms with Crippen LogP contribution in [0.25, 0.3) is 0 Å². The number of alkyl halides is 2. The molecule has 2 aromatic rings. The molecule has 0 radical (unpaired) electrons. The van der Waals surface area contributed by atoms with E-state index in [2.05, 4.69) is 9.97 Å². The van der Waals surface area contributed by atoms with Crippen LogP contribution in [0.1, 0.15) is 40.3 Å². The first kappa shape index (κ1) is 25.9. The van der Waals surface area contributed by atoms with E-state index in [9.17, 15) is 23.2 Å². The van der Waals surface area contributed by atoms with Crippen molar-refractivity contribution in [2.45, 2.75) is 38.8 Å². The number of benzene rings is 1. The third-order valence-corrected chi connectivity index (χ3v) is 6.62. The van der Waals surface area contributed by atoms with E-state index < -0.39 is 18.9 Å². The summed E-state index contributed by atoms with van der Waals surface area (Å²) in [7, 11) is 1.52. The molecule has 1 aromatic heterocycles. The molecule has 3 heterocycles. The Morgan fingerprint density at radius 2 is 2.03 bits per heavy atom. The van der Waals surface area contributed by atoms with Gasteiger partial charge in [-0.1, -0.05) is 12.1 Å². The predicted octanol–water partition coefficient (Wildman–Crippen LogP) is 2.04. The van der Waals surface area contributed by atoms with Gasteiger partial charge in [0.2, 0.25) is 5.91 Å². The highest BCUT2D eigenvalue weighted by molar-refractivity contribution is 6.00. The van der Waals surface area contributed by atoms with Crippen molar-refractivity contribution in [3.05, 3.63) is 57.3 Å². The zero-order valence-corrected chi connectivity index (χ0v) is 20.2. The summed E-state index contributed by atoms with van der Waals surface area (Å²) in [5.74, 6) is 0.0394. The number of methoxy groups -OCH3 is 1. The number of aromatic amines is 1. The number of H-pyrrole nitrogens is 1. The number of hydrogen-bond acceptors (Lipinski definition) is 7. The van der Waals surface area contributed by atoms with Gasteiger partial charge in [-0.25, -0.2) is 13.8 Å². The predicted molar refractivity (Wildman–Crippen MR) is 126 cm³/mol. The van der Waals surface area contributed by atoms with Crippen LogP contribution in [0.15, 0.2) is 29.1 Å². The van der Waals surface area contributed by atoms with Gasteiger partial charge in [0.05, 0.1) is 56.8 Å². The molecule has 1 amide bonds. The van der Waals surface area contributed by atoms with E-state index >= 15 is 0 Å². The van der Waals surface area contributed by atoms with E-state index in [4.69, 9.17) is 9.47 Å². The van der Waals surface area contributed by atoms with Crippen LogP contribution in [0.4, 0.5) is 8.78 Å². The van der Waals surface area contributed by atoms with Crippen LogP contribution >= 0.6 is 0 Å². The van der Waals surface area contributed by atoms with Gasteiger partial charge in [0.15, 0.2) is 5.78 Å². The summed E-state index contributed by atoms with van der Waals surface area (Å²) in [5, 5.41) is 0. The van der Waals surface area contributed by atoms with Crippen LogP contribution < -0.4 is 10.3 Å². The van der Waals surface area contributed by atoms with Crippen molar-refractivity contribution in [2.75, 3.05) is 39.9 Å². The van der Waals surface area contributed by atoms with E-state index in [1.165, 1.54) is 7.11 Å². The lowest BCUT2D eigenvalue weighted by molar-refractivity contribution is -0.135. The Morgan fingerprint density at radius 1 is 1.28 bits per heavy atom. The standard InChI is InChI=1S/C25H30F2N4O5/c1-35-20-5-3-2-4-17(20)24(33)16-6-9-30(10-7-16)14-23(32)31(12-21(26)27)13-22-28-19-8-11-36-15-18(19)25(34)29-22/h2-5,16,21H,6-15H2,1H3,(H,28,29,34). The normalized spacial score (nSPS) is 16.6. The number of amides is 1. The van der Waals surface area contributed by atoms with Gasteiger partial charge >= 0.3 is 0 Å². The molecule has 0 saturated carbocycles. The average molecular weight is 505 g/mol. The number of piperidine rings is 1. The molecule has 36 heavy (non-hydrogen) atoms. The zero-order chi connectivity index (χ0) is 25.7. The first-order valence-electron chi connectivity index (χ1n) is 12.0. The van der Waals surface area contributed by atoms with Crippen LogP contribution in [0.5, 0.6) is 5.75 Å². The number of Topliss-reactive ketones (excluding diaryl/α,β-unsaturated/α-hetero) is 1. The highest BCUT2D eigenvalue weighted by Gasteiger charge is 2.30. The van der Waals surface area contributed by atoms with E-state index in [0.29, 0.717) is 61.5 Å². The quantitative estimate of drug-likeness (QED) is 0.521. The van der Waals surface area contributed by atoms with E-state index in [0.717, 1.165) is 4.90 Å². The number of carbonyl (C=O) groups is 2. The van der Waals surface area contributed by atoms with Crippen molar-refractivity contribution < 1.29 is 27.8 Å². The first-order valence-corrected chi connectivity index (χ1v) is 12.0. The largest absolute Gasteiger partial charge is 0.496 e. The lowest BCUT2D eigenvalue weighted by atomic mass is 9.88. The van der Waals surface area contributed by atoms with E-state index in [-0.39, 0.29) is 42.8 Å². The first-order chi connectivity index (χ1) is 17.4. The third-order valence-electron chi connectivity index (χ3n) is 6.62. The number of aromatic nitrogens is 2. The zero-order valence-electron chi connectivity index (χ0n) is 20.2. The van der Waals surface area contributed by atoms with E-state index in [1.807, 2.05) is 4.90 Å². The van der Waals surface area contributed by atoms with Crippen LogP contribution in [0.2, 0.25) is 0 Å². The lowest BCUT2D eigenvalue weighted by Crippen LogP contribution is -2.45. The molecule has 0 unspecified atom stereocenters. The third kappa shape index (κ3) is 6.14. The van der Waals surface area contributed by atoms with Gasteiger partial charge in [-0.05, 0) is 38.1 Å². The van der Waals surface area contributed by atoms with Gasteiger partial charge in [-0.3, -0.25) is 19.3 Å². The number of likely N-dealkylation sites (tertiary alicyclic amines) is 1. The molecule has 2 aliphatic rings. The summed E-state index contributed by atoms with van der Waals surface area (Å²) >= 11 is 0. The van der Waals surface area contributed by atoms with Crippen molar-refractivity contribution in [3.8, 4) is 5.75 Å². The molecule has 9 nitrogen and oxygen atoms in total. The van der Waals surface area contributed by atoms with Crippen molar-refractivity contribution >= 4 is 11.7 Å². The summed E-state index contributed by atoms with van der Waals surface area (Å²) in [6, 6.07) is 7.08. The summed E-state index contributed by atoms with van der Waals surface area (Å²) < 4.78 is 37.1. The molecular weight excluding hydrogens is 474 g/mol. The smallest absolute Gasteiger partial charge is 0.256 e. The number of nitrogens with zero attached hydrogens (tertiary/aromatic N) is 3. The molecule has 1 N–H and O–H groups in total. The van der Waals surface area contributed by atoms with Crippen molar-refractivity contribution in [3.63, 3.8) is 0 Å². The maximum Gasteiger partial charge on any atom is 0.256 e. The molecule has 0 spiro atoms. The molecule has 4 rings (SSSR count). The lowest BCUT2D eigenvalue weighted by Gasteiger charge is -2.32. The summed E-state index contributed by atoms with van der Waals surface area (Å²) in [4.78, 5) is 48.2. The number of rotatable bonds is 9. The Bertz CT molecular complexity index is 1150. The topological polar surface area (TPSA) is 105 Å². The minimum atomic E-state index is -2.73. The highest BCUT2D eigenvalue weighted by atomic mass is 19.3. The number of halogens is 2. The number of fused-ring (bicyclic) bond motifs is 1. The van der Waals surface area contributed by atoms with Crippen molar-refractivity contribution in [1.29, 1.82) is 0 Å². The molecule has 0 aliphatic carbocycles. The molecule has 0 bridgehead atoms. The Labute approximate surface area is 207 Å². The number of ether oxygens (including phenoxy) is 2. The fourth-order valence-electron chi connectivity index (χ4n) is 4.68. The van der Waals surface area contributed by atoms with E-state index in [1.54, 1.807) is 24.3 Å². The summed E-state index contributed by atoms with van der Waals surface area (Å²) in [6.07, 6.45) is -1.16. The SMILES string of the molecule is COc1ccccc1C(=O)C1CCN(CC(=O)N(Cc2nc3c(c(=O)[nH]2)COCC3)CC(F)F)CC1. The maximum absolute atomic E-state index is 13.3. The van der Waals surface area contributed by atoms with Crippen LogP contribution in [-0.4, -0.2) is 77.8 Å². The molecule has 1 aromatic carbocycles. The minimum Gasteiger partial charge on any atom is -0.496 e. The molecule has 1 fully saturated rings. The Balaban J connectivity index is 1.37. The Morgan fingerprint density at radius 3 is 2.75 bits per heavy atom. The Hall–Kier alpha value is -3.18. The molecule has 1 saturated heterocycles. The number of para-hydroxylation sites is 1. The van der Waals surface area contributed by atoms with Gasteiger partial charge in [0, 0.05) is 12.3 Å². The highest BCUT2D eigenvalue weighted by Crippen LogP contribution is 2.27.